The fraction of sp³-hybridized carbons (Fsp3) is 0.765. The number of nitrogens with zero attached hydrogens (tertiary/aromatic N) is 3. The first kappa shape index (κ1) is 25.1. The molecule has 1 aliphatic rings. The topological polar surface area (TPSA) is 172 Å². The zero-order valence-electron chi connectivity index (χ0n) is 17.1. The molecule has 0 aromatic rings. The molecule has 1 aliphatic heterocycles. The number of carbonyl (C=O) groups excluding carboxylic acids is 4. The summed E-state index contributed by atoms with van der Waals surface area (Å²) in [6.07, 6.45) is -5.78. The summed E-state index contributed by atoms with van der Waals surface area (Å²) in [6.45, 7) is 4.44. The maximum atomic E-state index is 11.7. The summed E-state index contributed by atoms with van der Waals surface area (Å²) < 4.78 is 32.0. The second-order valence-electron chi connectivity index (χ2n) is 6.25. The summed E-state index contributed by atoms with van der Waals surface area (Å²) in [5.41, 5.74) is 8.32. The standard InChI is InChI=1S/C17H25N3O10/c1-9(21)26-8-13-14(27-10(2)22)15(28-11(3)23)16(29-12(4)24)17(30-13)25-7-5-6-19-20-18/h13-17H,5-8H2,1-4H3/t13-,14-,15+,16-,17+/m0/s1. The van der Waals surface area contributed by atoms with Crippen LogP contribution in [0.15, 0.2) is 5.11 Å². The van der Waals surface area contributed by atoms with E-state index < -0.39 is 54.6 Å². The van der Waals surface area contributed by atoms with Crippen LogP contribution >= 0.6 is 0 Å². The van der Waals surface area contributed by atoms with Crippen molar-refractivity contribution in [2.24, 2.45) is 5.11 Å². The van der Waals surface area contributed by atoms with E-state index in [2.05, 4.69) is 10.0 Å². The average Bonchev–Trinajstić information content (AvgIpc) is 2.63. The molecule has 0 amide bonds. The first-order valence-corrected chi connectivity index (χ1v) is 9.08. The van der Waals surface area contributed by atoms with Gasteiger partial charge in [0.15, 0.2) is 24.6 Å². The minimum absolute atomic E-state index is 0.0484. The van der Waals surface area contributed by atoms with Gasteiger partial charge in [-0.25, -0.2) is 0 Å². The Kier molecular flexibility index (Phi) is 10.6. The molecule has 0 spiro atoms. The number of hydrogen-bond acceptors (Lipinski definition) is 11. The van der Waals surface area contributed by atoms with Gasteiger partial charge in [0.2, 0.25) is 0 Å². The highest BCUT2D eigenvalue weighted by molar-refractivity contribution is 5.68. The zero-order valence-corrected chi connectivity index (χ0v) is 17.1. The molecule has 1 fully saturated rings. The van der Waals surface area contributed by atoms with Crippen molar-refractivity contribution < 1.29 is 47.6 Å². The van der Waals surface area contributed by atoms with E-state index in [0.29, 0.717) is 6.42 Å². The van der Waals surface area contributed by atoms with Crippen LogP contribution in [0.4, 0.5) is 0 Å². The molecule has 0 unspecified atom stereocenters. The van der Waals surface area contributed by atoms with Crippen LogP contribution in [0.3, 0.4) is 0 Å². The van der Waals surface area contributed by atoms with Gasteiger partial charge >= 0.3 is 23.9 Å². The maximum absolute atomic E-state index is 11.7. The molecule has 0 saturated carbocycles. The SMILES string of the molecule is CC(=O)OC[C@@H]1O[C@@H](OCCCN=[N+]=[N-])[C@@H](OC(C)=O)[C@H](OC(C)=O)[C@H]1OC(C)=O. The van der Waals surface area contributed by atoms with Crippen molar-refractivity contribution in [3.05, 3.63) is 10.4 Å². The molecule has 13 nitrogen and oxygen atoms in total. The smallest absolute Gasteiger partial charge is 0.303 e. The Morgan fingerprint density at radius 1 is 0.900 bits per heavy atom. The third kappa shape index (κ3) is 8.64. The predicted molar refractivity (Wildman–Crippen MR) is 96.5 cm³/mol. The van der Waals surface area contributed by atoms with Gasteiger partial charge in [0.05, 0.1) is 6.61 Å². The Morgan fingerprint density at radius 2 is 1.47 bits per heavy atom. The summed E-state index contributed by atoms with van der Waals surface area (Å²) in [6, 6.07) is 0. The van der Waals surface area contributed by atoms with Crippen molar-refractivity contribution >= 4 is 23.9 Å². The molecule has 0 N–H and O–H groups in total. The third-order valence-corrected chi connectivity index (χ3v) is 3.70. The zero-order chi connectivity index (χ0) is 22.7. The number of esters is 4. The van der Waals surface area contributed by atoms with Crippen LogP contribution in [-0.2, 0) is 47.6 Å². The van der Waals surface area contributed by atoms with Crippen LogP contribution in [0.5, 0.6) is 0 Å². The summed E-state index contributed by atoms with van der Waals surface area (Å²) >= 11 is 0. The van der Waals surface area contributed by atoms with Crippen LogP contribution < -0.4 is 0 Å². The van der Waals surface area contributed by atoms with Crippen molar-refractivity contribution in [1.82, 2.24) is 0 Å². The third-order valence-electron chi connectivity index (χ3n) is 3.70. The molecular weight excluding hydrogens is 406 g/mol. The van der Waals surface area contributed by atoms with E-state index in [4.69, 9.17) is 34.0 Å². The number of hydrogen-bond donors (Lipinski definition) is 0. The average molecular weight is 431 g/mol. The van der Waals surface area contributed by atoms with Gasteiger partial charge in [-0.3, -0.25) is 19.2 Å². The van der Waals surface area contributed by atoms with E-state index in [1.165, 1.54) is 6.92 Å². The Bertz CT molecular complexity index is 679. The van der Waals surface area contributed by atoms with Gasteiger partial charge in [0.1, 0.15) is 12.7 Å². The lowest BCUT2D eigenvalue weighted by atomic mass is 9.98. The summed E-state index contributed by atoms with van der Waals surface area (Å²) in [7, 11) is 0. The normalized spacial score (nSPS) is 25.4. The Balaban J connectivity index is 3.17. The monoisotopic (exact) mass is 431 g/mol. The summed E-state index contributed by atoms with van der Waals surface area (Å²) in [5.74, 6) is -2.78. The fourth-order valence-corrected chi connectivity index (χ4v) is 2.70. The highest BCUT2D eigenvalue weighted by Gasteiger charge is 2.52. The molecule has 168 valence electrons. The van der Waals surface area contributed by atoms with Crippen LogP contribution in [-0.4, -0.2) is 74.3 Å². The molecule has 1 rings (SSSR count). The predicted octanol–water partition coefficient (Wildman–Crippen LogP) is 0.786. The van der Waals surface area contributed by atoms with E-state index in [9.17, 15) is 19.2 Å². The lowest BCUT2D eigenvalue weighted by molar-refractivity contribution is -0.308. The minimum Gasteiger partial charge on any atom is -0.463 e. The van der Waals surface area contributed by atoms with Crippen LogP contribution in [0.1, 0.15) is 34.1 Å². The maximum Gasteiger partial charge on any atom is 0.303 e. The largest absolute Gasteiger partial charge is 0.463 e. The second kappa shape index (κ2) is 12.6. The van der Waals surface area contributed by atoms with Crippen LogP contribution in [0.2, 0.25) is 0 Å². The van der Waals surface area contributed by atoms with Crippen molar-refractivity contribution in [1.29, 1.82) is 0 Å². The fourth-order valence-electron chi connectivity index (χ4n) is 2.70. The molecule has 1 heterocycles. The van der Waals surface area contributed by atoms with Gasteiger partial charge in [-0.2, -0.15) is 0 Å². The lowest BCUT2D eigenvalue weighted by Crippen LogP contribution is -2.63. The van der Waals surface area contributed by atoms with Gasteiger partial charge in [0, 0.05) is 39.2 Å². The minimum atomic E-state index is -1.29. The highest BCUT2D eigenvalue weighted by atomic mass is 16.7. The molecule has 0 bridgehead atoms. The Morgan fingerprint density at radius 3 is 2.00 bits per heavy atom. The van der Waals surface area contributed by atoms with E-state index in [1.807, 2.05) is 0 Å². The van der Waals surface area contributed by atoms with Crippen molar-refractivity contribution in [3.8, 4) is 0 Å². The number of azide groups is 1. The molecule has 0 aromatic carbocycles. The molecular formula is C17H25N3O10. The molecule has 0 aromatic heterocycles. The highest BCUT2D eigenvalue weighted by Crippen LogP contribution is 2.30. The van der Waals surface area contributed by atoms with E-state index in [0.717, 1.165) is 20.8 Å². The first-order valence-electron chi connectivity index (χ1n) is 9.08. The number of rotatable bonds is 10. The van der Waals surface area contributed by atoms with Gasteiger partial charge in [0.25, 0.3) is 0 Å². The van der Waals surface area contributed by atoms with Crippen LogP contribution in [0.25, 0.3) is 10.4 Å². The molecule has 30 heavy (non-hydrogen) atoms. The molecule has 0 radical (unpaired) electrons. The van der Waals surface area contributed by atoms with E-state index in [1.54, 1.807) is 0 Å². The lowest BCUT2D eigenvalue weighted by Gasteiger charge is -2.44. The molecule has 13 heteroatoms. The van der Waals surface area contributed by atoms with Gasteiger partial charge in [-0.15, -0.1) is 0 Å². The Hall–Kier alpha value is -2.89. The van der Waals surface area contributed by atoms with E-state index in [-0.39, 0.29) is 19.8 Å². The summed E-state index contributed by atoms with van der Waals surface area (Å²) in [4.78, 5) is 48.7. The van der Waals surface area contributed by atoms with E-state index >= 15 is 0 Å². The Labute approximate surface area is 172 Å². The van der Waals surface area contributed by atoms with Crippen molar-refractivity contribution in [2.75, 3.05) is 19.8 Å². The van der Waals surface area contributed by atoms with Crippen molar-refractivity contribution in [2.45, 2.75) is 64.8 Å². The van der Waals surface area contributed by atoms with Crippen LogP contribution in [0, 0.1) is 0 Å². The molecule has 5 atom stereocenters. The first-order chi connectivity index (χ1) is 14.1. The molecule has 0 aliphatic carbocycles. The van der Waals surface area contributed by atoms with Gasteiger partial charge in [-0.05, 0) is 12.0 Å². The van der Waals surface area contributed by atoms with Gasteiger partial charge < -0.3 is 28.4 Å². The number of ether oxygens (including phenoxy) is 6. The summed E-state index contributed by atoms with van der Waals surface area (Å²) in [5, 5.41) is 3.37. The van der Waals surface area contributed by atoms with Gasteiger partial charge in [-0.1, -0.05) is 5.11 Å². The second-order valence-corrected chi connectivity index (χ2v) is 6.25. The van der Waals surface area contributed by atoms with Crippen molar-refractivity contribution in [3.63, 3.8) is 0 Å². The number of carbonyl (C=O) groups is 4. The molecule has 1 saturated heterocycles. The quantitative estimate of drug-likeness (QED) is 0.120.